The summed E-state index contributed by atoms with van der Waals surface area (Å²) in [6.07, 6.45) is 2.65. The Hall–Kier alpha value is -1.40. The summed E-state index contributed by atoms with van der Waals surface area (Å²) in [5.74, 6) is 0.581. The smallest absolute Gasteiger partial charge is 0.274 e. The SMILES string of the molecule is CCCc1cc(C(=O)N2CCN(CC(C)C)[C@H](CCO)C2)n[nH]1. The molecular formula is C17H30N4O2. The maximum atomic E-state index is 12.7. The number of carbonyl (C=O) groups excluding carboxylic acids is 1. The fourth-order valence-electron chi connectivity index (χ4n) is 3.24. The number of hydrogen-bond acceptors (Lipinski definition) is 4. The van der Waals surface area contributed by atoms with Gasteiger partial charge in [0.2, 0.25) is 0 Å². The molecule has 0 aliphatic carbocycles. The van der Waals surface area contributed by atoms with Crippen LogP contribution in [0.25, 0.3) is 0 Å². The number of H-pyrrole nitrogens is 1. The van der Waals surface area contributed by atoms with Gasteiger partial charge in [0.05, 0.1) is 0 Å². The van der Waals surface area contributed by atoms with E-state index in [9.17, 15) is 9.90 Å². The van der Waals surface area contributed by atoms with Gasteiger partial charge in [0, 0.05) is 44.5 Å². The van der Waals surface area contributed by atoms with E-state index in [1.807, 2.05) is 11.0 Å². The van der Waals surface area contributed by atoms with Crippen molar-refractivity contribution in [2.75, 3.05) is 32.8 Å². The minimum atomic E-state index is -0.00394. The fraction of sp³-hybridized carbons (Fsp3) is 0.765. The summed E-state index contributed by atoms with van der Waals surface area (Å²) in [5, 5.41) is 16.4. The summed E-state index contributed by atoms with van der Waals surface area (Å²) >= 11 is 0. The molecule has 1 aromatic heterocycles. The Bertz CT molecular complexity index is 501. The molecule has 1 atom stereocenters. The van der Waals surface area contributed by atoms with Crippen LogP contribution in [-0.2, 0) is 6.42 Å². The number of aromatic nitrogens is 2. The molecule has 0 bridgehead atoms. The van der Waals surface area contributed by atoms with Crippen LogP contribution in [0, 0.1) is 5.92 Å². The van der Waals surface area contributed by atoms with Crippen molar-refractivity contribution < 1.29 is 9.90 Å². The van der Waals surface area contributed by atoms with Crippen molar-refractivity contribution in [3.63, 3.8) is 0 Å². The third kappa shape index (κ3) is 4.78. The van der Waals surface area contributed by atoms with E-state index >= 15 is 0 Å². The molecule has 2 heterocycles. The Kier molecular flexibility index (Phi) is 6.59. The number of rotatable bonds is 7. The number of aliphatic hydroxyl groups excluding tert-OH is 1. The predicted octanol–water partition coefficient (Wildman–Crippen LogP) is 1.53. The molecule has 1 fully saturated rings. The van der Waals surface area contributed by atoms with E-state index < -0.39 is 0 Å². The summed E-state index contributed by atoms with van der Waals surface area (Å²) in [5.41, 5.74) is 1.52. The van der Waals surface area contributed by atoms with Crippen LogP contribution in [-0.4, -0.2) is 69.8 Å². The molecule has 1 aliphatic heterocycles. The Morgan fingerprint density at radius 3 is 2.91 bits per heavy atom. The van der Waals surface area contributed by atoms with Crippen molar-refractivity contribution in [1.82, 2.24) is 20.0 Å². The molecule has 0 saturated carbocycles. The van der Waals surface area contributed by atoms with Gasteiger partial charge in [0.1, 0.15) is 5.69 Å². The molecule has 1 aromatic rings. The van der Waals surface area contributed by atoms with Gasteiger partial charge in [-0.05, 0) is 24.8 Å². The van der Waals surface area contributed by atoms with E-state index in [0.717, 1.165) is 38.2 Å². The minimum absolute atomic E-state index is 0.00394. The molecule has 2 rings (SSSR count). The van der Waals surface area contributed by atoms with E-state index in [-0.39, 0.29) is 18.6 Å². The highest BCUT2D eigenvalue weighted by Crippen LogP contribution is 2.17. The van der Waals surface area contributed by atoms with Crippen LogP contribution in [0.3, 0.4) is 0 Å². The number of aliphatic hydroxyl groups is 1. The van der Waals surface area contributed by atoms with Gasteiger partial charge in [0.25, 0.3) is 5.91 Å². The van der Waals surface area contributed by atoms with Crippen molar-refractivity contribution in [2.24, 2.45) is 5.92 Å². The third-order valence-electron chi connectivity index (χ3n) is 4.32. The number of amides is 1. The lowest BCUT2D eigenvalue weighted by Crippen LogP contribution is -2.55. The fourth-order valence-corrected chi connectivity index (χ4v) is 3.24. The van der Waals surface area contributed by atoms with Crippen molar-refractivity contribution in [3.05, 3.63) is 17.5 Å². The summed E-state index contributed by atoms with van der Waals surface area (Å²) < 4.78 is 0. The first kappa shape index (κ1) is 17.9. The molecule has 1 saturated heterocycles. The topological polar surface area (TPSA) is 72.5 Å². The van der Waals surface area contributed by atoms with E-state index in [0.29, 0.717) is 24.6 Å². The van der Waals surface area contributed by atoms with Crippen LogP contribution in [0.1, 0.15) is 49.8 Å². The Morgan fingerprint density at radius 2 is 2.26 bits per heavy atom. The highest BCUT2D eigenvalue weighted by atomic mass is 16.3. The number of aryl methyl sites for hydroxylation is 1. The molecule has 0 unspecified atom stereocenters. The number of nitrogens with zero attached hydrogens (tertiary/aromatic N) is 3. The number of nitrogens with one attached hydrogen (secondary N) is 1. The maximum Gasteiger partial charge on any atom is 0.274 e. The van der Waals surface area contributed by atoms with Gasteiger partial charge < -0.3 is 10.0 Å². The molecule has 1 amide bonds. The van der Waals surface area contributed by atoms with Crippen molar-refractivity contribution in [3.8, 4) is 0 Å². The minimum Gasteiger partial charge on any atom is -0.396 e. The summed E-state index contributed by atoms with van der Waals surface area (Å²) in [4.78, 5) is 16.9. The normalized spacial score (nSPS) is 19.5. The van der Waals surface area contributed by atoms with Gasteiger partial charge in [-0.3, -0.25) is 14.8 Å². The van der Waals surface area contributed by atoms with E-state index in [2.05, 4.69) is 35.9 Å². The molecule has 0 spiro atoms. The second-order valence-electron chi connectivity index (χ2n) is 6.83. The van der Waals surface area contributed by atoms with E-state index in [1.54, 1.807) is 0 Å². The second kappa shape index (κ2) is 8.45. The summed E-state index contributed by atoms with van der Waals surface area (Å²) in [7, 11) is 0. The van der Waals surface area contributed by atoms with E-state index in [1.165, 1.54) is 0 Å². The zero-order chi connectivity index (χ0) is 16.8. The molecule has 6 nitrogen and oxygen atoms in total. The average Bonchev–Trinajstić information content (AvgIpc) is 2.97. The van der Waals surface area contributed by atoms with Crippen LogP contribution in [0.2, 0.25) is 0 Å². The standard InChI is InChI=1S/C17H30N4O2/c1-4-5-14-10-16(19-18-14)17(23)21-8-7-20(11-13(2)3)15(12-21)6-9-22/h10,13,15,22H,4-9,11-12H2,1-3H3,(H,18,19)/t15-/m1/s1. The lowest BCUT2D eigenvalue weighted by molar-refractivity contribution is 0.0380. The van der Waals surface area contributed by atoms with Crippen LogP contribution in [0.15, 0.2) is 6.07 Å². The van der Waals surface area contributed by atoms with Crippen LogP contribution in [0.4, 0.5) is 0 Å². The van der Waals surface area contributed by atoms with Gasteiger partial charge in [0.15, 0.2) is 0 Å². The highest BCUT2D eigenvalue weighted by molar-refractivity contribution is 5.92. The molecule has 2 N–H and O–H groups in total. The Balaban J connectivity index is 2.01. The zero-order valence-corrected chi connectivity index (χ0v) is 14.6. The van der Waals surface area contributed by atoms with Crippen LogP contribution < -0.4 is 0 Å². The molecule has 23 heavy (non-hydrogen) atoms. The van der Waals surface area contributed by atoms with Gasteiger partial charge in [-0.15, -0.1) is 0 Å². The van der Waals surface area contributed by atoms with Gasteiger partial charge in [-0.25, -0.2) is 0 Å². The second-order valence-corrected chi connectivity index (χ2v) is 6.83. The first-order valence-corrected chi connectivity index (χ1v) is 8.73. The largest absolute Gasteiger partial charge is 0.396 e. The Morgan fingerprint density at radius 1 is 1.48 bits per heavy atom. The monoisotopic (exact) mass is 322 g/mol. The quantitative estimate of drug-likeness (QED) is 0.798. The van der Waals surface area contributed by atoms with Crippen molar-refractivity contribution in [2.45, 2.75) is 46.1 Å². The molecule has 1 aliphatic rings. The molecular weight excluding hydrogens is 292 g/mol. The highest BCUT2D eigenvalue weighted by Gasteiger charge is 2.30. The van der Waals surface area contributed by atoms with Gasteiger partial charge >= 0.3 is 0 Å². The summed E-state index contributed by atoms with van der Waals surface area (Å²) in [6, 6.07) is 2.10. The van der Waals surface area contributed by atoms with Gasteiger partial charge in [-0.1, -0.05) is 27.2 Å². The molecule has 0 aromatic carbocycles. The van der Waals surface area contributed by atoms with Crippen molar-refractivity contribution >= 4 is 5.91 Å². The van der Waals surface area contributed by atoms with Crippen LogP contribution in [0.5, 0.6) is 0 Å². The zero-order valence-electron chi connectivity index (χ0n) is 14.6. The number of carbonyl (C=O) groups is 1. The summed E-state index contributed by atoms with van der Waals surface area (Å²) in [6.45, 7) is 9.93. The van der Waals surface area contributed by atoms with Crippen LogP contribution >= 0.6 is 0 Å². The maximum absolute atomic E-state index is 12.7. The average molecular weight is 322 g/mol. The number of aromatic amines is 1. The molecule has 0 radical (unpaired) electrons. The first-order valence-electron chi connectivity index (χ1n) is 8.73. The molecule has 6 heteroatoms. The lowest BCUT2D eigenvalue weighted by Gasteiger charge is -2.42. The number of piperazine rings is 1. The lowest BCUT2D eigenvalue weighted by atomic mass is 10.1. The first-order chi connectivity index (χ1) is 11.0. The Labute approximate surface area is 138 Å². The number of hydrogen-bond donors (Lipinski definition) is 2. The van der Waals surface area contributed by atoms with E-state index in [4.69, 9.17) is 0 Å². The third-order valence-corrected chi connectivity index (χ3v) is 4.32. The molecule has 130 valence electrons. The predicted molar refractivity (Wildman–Crippen MR) is 90.4 cm³/mol. The van der Waals surface area contributed by atoms with Crippen molar-refractivity contribution in [1.29, 1.82) is 0 Å². The van der Waals surface area contributed by atoms with Gasteiger partial charge in [-0.2, -0.15) is 5.10 Å².